The number of nitrogens with one attached hydrogen (secondary N) is 1. The molecular weight excluding hydrogens is 412 g/mol. The largest absolute Gasteiger partial charge is 0.354 e. The molecule has 2 amide bonds. The van der Waals surface area contributed by atoms with Crippen LogP contribution in [-0.4, -0.2) is 46.5 Å². The van der Waals surface area contributed by atoms with Crippen LogP contribution in [0.3, 0.4) is 0 Å². The molecule has 3 heterocycles. The van der Waals surface area contributed by atoms with Crippen molar-refractivity contribution in [3.05, 3.63) is 46.4 Å². The van der Waals surface area contributed by atoms with Crippen LogP contribution in [0.25, 0.3) is 10.1 Å². The second-order valence-corrected chi connectivity index (χ2v) is 9.07. The zero-order valence-corrected chi connectivity index (χ0v) is 18.8. The molecule has 164 valence electrons. The number of likely N-dealkylation sites (tertiary alicyclic amines) is 1. The zero-order chi connectivity index (χ0) is 21.8. The summed E-state index contributed by atoms with van der Waals surface area (Å²) in [6.45, 7) is 2.53. The van der Waals surface area contributed by atoms with Crippen LogP contribution in [0.2, 0.25) is 0 Å². The van der Waals surface area contributed by atoms with Gasteiger partial charge >= 0.3 is 0 Å². The quantitative estimate of drug-likeness (QED) is 0.628. The van der Waals surface area contributed by atoms with Crippen LogP contribution >= 0.6 is 11.3 Å². The van der Waals surface area contributed by atoms with Gasteiger partial charge in [0.2, 0.25) is 11.8 Å². The Bertz CT molecular complexity index is 1070. The van der Waals surface area contributed by atoms with Gasteiger partial charge in [-0.1, -0.05) is 36.2 Å². The highest BCUT2D eigenvalue weighted by Crippen LogP contribution is 2.34. The Morgan fingerprint density at radius 2 is 2.10 bits per heavy atom. The van der Waals surface area contributed by atoms with Crippen LogP contribution in [0.1, 0.15) is 59.1 Å². The summed E-state index contributed by atoms with van der Waals surface area (Å²) in [5, 5.41) is 7.69. The molecule has 4 rings (SSSR count). The van der Waals surface area contributed by atoms with E-state index in [9.17, 15) is 9.59 Å². The molecule has 1 aliphatic rings. The Kier molecular flexibility index (Phi) is 6.65. The highest BCUT2D eigenvalue weighted by atomic mass is 32.1. The topological polar surface area (TPSA) is 88.3 Å². The number of carbonyl (C=O) groups excluding carboxylic acids is 2. The number of hydrogen-bond acceptors (Lipinski definition) is 6. The van der Waals surface area contributed by atoms with E-state index in [1.807, 2.05) is 17.0 Å². The minimum absolute atomic E-state index is 0.0607. The van der Waals surface area contributed by atoms with E-state index >= 15 is 0 Å². The molecule has 0 spiro atoms. The minimum Gasteiger partial charge on any atom is -0.354 e. The Balaban J connectivity index is 1.57. The van der Waals surface area contributed by atoms with Crippen molar-refractivity contribution in [3.8, 4) is 0 Å². The van der Waals surface area contributed by atoms with Crippen LogP contribution < -0.4 is 5.32 Å². The SMILES string of the molecule is CNC(=O)c1sc2ccccc2c1CC1CCCCCN1C(=O)CCc1nc(C)no1. The van der Waals surface area contributed by atoms with Crippen molar-refractivity contribution in [2.45, 2.75) is 57.9 Å². The smallest absolute Gasteiger partial charge is 0.261 e. The van der Waals surface area contributed by atoms with Gasteiger partial charge in [-0.05, 0) is 43.2 Å². The minimum atomic E-state index is -0.0607. The first-order valence-corrected chi connectivity index (χ1v) is 11.7. The summed E-state index contributed by atoms with van der Waals surface area (Å²) in [7, 11) is 1.66. The van der Waals surface area contributed by atoms with Gasteiger partial charge in [-0.2, -0.15) is 4.98 Å². The van der Waals surface area contributed by atoms with Crippen LogP contribution in [0, 0.1) is 6.92 Å². The summed E-state index contributed by atoms with van der Waals surface area (Å²) in [6.07, 6.45) is 5.67. The average molecular weight is 441 g/mol. The number of aromatic nitrogens is 2. The molecular formula is C23H28N4O3S. The fourth-order valence-electron chi connectivity index (χ4n) is 4.35. The molecule has 0 aliphatic carbocycles. The van der Waals surface area contributed by atoms with Gasteiger partial charge in [-0.25, -0.2) is 0 Å². The molecule has 2 aromatic heterocycles. The van der Waals surface area contributed by atoms with E-state index in [4.69, 9.17) is 4.52 Å². The Labute approximate surface area is 185 Å². The van der Waals surface area contributed by atoms with E-state index < -0.39 is 0 Å². The number of hydrogen-bond donors (Lipinski definition) is 1. The fourth-order valence-corrected chi connectivity index (χ4v) is 5.53. The molecule has 0 bridgehead atoms. The predicted octanol–water partition coefficient (Wildman–Crippen LogP) is 3.90. The van der Waals surface area contributed by atoms with Crippen molar-refractivity contribution in [2.24, 2.45) is 0 Å². The third-order valence-electron chi connectivity index (χ3n) is 5.89. The van der Waals surface area contributed by atoms with Gasteiger partial charge in [-0.3, -0.25) is 9.59 Å². The molecule has 8 heteroatoms. The first-order chi connectivity index (χ1) is 15.1. The van der Waals surface area contributed by atoms with Gasteiger partial charge < -0.3 is 14.7 Å². The third kappa shape index (κ3) is 4.79. The fraction of sp³-hybridized carbons (Fsp3) is 0.478. The van der Waals surface area contributed by atoms with Crippen molar-refractivity contribution in [1.29, 1.82) is 0 Å². The molecule has 1 atom stereocenters. The standard InChI is InChI=1S/C23H28N4O3S/c1-15-25-20(30-26-15)11-12-21(28)27-13-7-3-4-8-16(27)14-18-17-9-5-6-10-19(17)31-22(18)23(29)24-2/h5-6,9-10,16H,3-4,7-8,11-14H2,1-2H3,(H,24,29). The van der Waals surface area contributed by atoms with E-state index in [0.29, 0.717) is 31.0 Å². The molecule has 1 unspecified atom stereocenters. The summed E-state index contributed by atoms with van der Waals surface area (Å²) >= 11 is 1.53. The van der Waals surface area contributed by atoms with Crippen molar-refractivity contribution in [3.63, 3.8) is 0 Å². The highest BCUT2D eigenvalue weighted by Gasteiger charge is 2.28. The molecule has 0 saturated carbocycles. The van der Waals surface area contributed by atoms with Crippen LogP contribution in [-0.2, 0) is 17.6 Å². The molecule has 7 nitrogen and oxygen atoms in total. The van der Waals surface area contributed by atoms with E-state index in [1.54, 1.807) is 14.0 Å². The summed E-state index contributed by atoms with van der Waals surface area (Å²) < 4.78 is 6.27. The number of amides is 2. The first-order valence-electron chi connectivity index (χ1n) is 10.9. The molecule has 1 N–H and O–H groups in total. The lowest BCUT2D eigenvalue weighted by Gasteiger charge is -2.30. The van der Waals surface area contributed by atoms with E-state index in [1.165, 1.54) is 11.3 Å². The molecule has 0 radical (unpaired) electrons. The predicted molar refractivity (Wildman–Crippen MR) is 120 cm³/mol. The van der Waals surface area contributed by atoms with E-state index in [-0.39, 0.29) is 17.9 Å². The molecule has 1 aliphatic heterocycles. The normalized spacial score (nSPS) is 17.0. The lowest BCUT2D eigenvalue weighted by atomic mass is 9.97. The highest BCUT2D eigenvalue weighted by molar-refractivity contribution is 7.21. The van der Waals surface area contributed by atoms with Gasteiger partial charge in [0.05, 0.1) is 4.88 Å². The maximum atomic E-state index is 13.2. The molecule has 31 heavy (non-hydrogen) atoms. The maximum absolute atomic E-state index is 13.2. The number of rotatable bonds is 6. The number of aryl methyl sites for hydroxylation is 2. The zero-order valence-electron chi connectivity index (χ0n) is 18.0. The average Bonchev–Trinajstić information content (AvgIpc) is 3.27. The summed E-state index contributed by atoms with van der Waals surface area (Å²) in [5.74, 6) is 1.14. The number of carbonyl (C=O) groups is 2. The van der Waals surface area contributed by atoms with Crippen molar-refractivity contribution in [1.82, 2.24) is 20.4 Å². The second kappa shape index (κ2) is 9.60. The number of fused-ring (bicyclic) bond motifs is 1. The summed E-state index contributed by atoms with van der Waals surface area (Å²) in [4.78, 5) is 32.7. The van der Waals surface area contributed by atoms with Gasteiger partial charge in [0, 0.05) is 37.2 Å². The first kappa shape index (κ1) is 21.5. The number of nitrogens with zero attached hydrogens (tertiary/aromatic N) is 3. The second-order valence-electron chi connectivity index (χ2n) is 8.01. The molecule has 1 aromatic carbocycles. The van der Waals surface area contributed by atoms with Crippen molar-refractivity contribution in [2.75, 3.05) is 13.6 Å². The van der Waals surface area contributed by atoms with Crippen LogP contribution in [0.5, 0.6) is 0 Å². The van der Waals surface area contributed by atoms with Gasteiger partial charge in [0.15, 0.2) is 5.82 Å². The molecule has 1 saturated heterocycles. The molecule has 1 fully saturated rings. The van der Waals surface area contributed by atoms with Crippen LogP contribution in [0.15, 0.2) is 28.8 Å². The summed E-state index contributed by atoms with van der Waals surface area (Å²) in [5.41, 5.74) is 1.05. The van der Waals surface area contributed by atoms with Gasteiger partial charge in [0.1, 0.15) is 0 Å². The maximum Gasteiger partial charge on any atom is 0.261 e. The Morgan fingerprint density at radius 1 is 1.26 bits per heavy atom. The number of benzene rings is 1. The van der Waals surface area contributed by atoms with E-state index in [2.05, 4.69) is 27.6 Å². The van der Waals surface area contributed by atoms with Crippen molar-refractivity contribution < 1.29 is 14.1 Å². The van der Waals surface area contributed by atoms with E-state index in [0.717, 1.165) is 52.8 Å². The monoisotopic (exact) mass is 440 g/mol. The third-order valence-corrected chi connectivity index (χ3v) is 7.10. The van der Waals surface area contributed by atoms with Gasteiger partial charge in [0.25, 0.3) is 5.91 Å². The summed E-state index contributed by atoms with van der Waals surface area (Å²) in [6, 6.07) is 8.22. The van der Waals surface area contributed by atoms with Crippen molar-refractivity contribution >= 4 is 33.2 Å². The van der Waals surface area contributed by atoms with Crippen LogP contribution in [0.4, 0.5) is 0 Å². The number of thiophene rings is 1. The Morgan fingerprint density at radius 3 is 2.87 bits per heavy atom. The van der Waals surface area contributed by atoms with Gasteiger partial charge in [-0.15, -0.1) is 11.3 Å². The molecule has 3 aromatic rings. The lowest BCUT2D eigenvalue weighted by molar-refractivity contribution is -0.133. The Hall–Kier alpha value is -2.74. The lowest BCUT2D eigenvalue weighted by Crippen LogP contribution is -2.41.